The van der Waals surface area contributed by atoms with Crippen LogP contribution in [0.25, 0.3) is 0 Å². The summed E-state index contributed by atoms with van der Waals surface area (Å²) in [4.78, 5) is 14.1. The van der Waals surface area contributed by atoms with E-state index in [2.05, 4.69) is 54.6 Å². The molecule has 1 amide bonds. The monoisotopic (exact) mass is 377 g/mol. The smallest absolute Gasteiger partial charge is 0.254 e. The molecule has 0 unspecified atom stereocenters. The molecular formula is C23H29N4O+. The first-order chi connectivity index (χ1) is 13.7. The largest absolute Gasteiger partial charge is 0.348 e. The number of nitrogens with one attached hydrogen (secondary N) is 2. The second kappa shape index (κ2) is 9.85. The van der Waals surface area contributed by atoms with Gasteiger partial charge in [-0.1, -0.05) is 54.6 Å². The van der Waals surface area contributed by atoms with Gasteiger partial charge >= 0.3 is 0 Å². The summed E-state index contributed by atoms with van der Waals surface area (Å²) >= 11 is 0. The van der Waals surface area contributed by atoms with E-state index >= 15 is 0 Å². The fourth-order valence-electron chi connectivity index (χ4n) is 3.29. The highest BCUT2D eigenvalue weighted by Crippen LogP contribution is 2.09. The fourth-order valence-corrected chi connectivity index (χ4v) is 3.29. The maximum absolute atomic E-state index is 12.6. The predicted octanol–water partition coefficient (Wildman–Crippen LogP) is 2.29. The van der Waals surface area contributed by atoms with E-state index in [9.17, 15) is 4.79 Å². The van der Waals surface area contributed by atoms with E-state index in [1.807, 2.05) is 24.3 Å². The van der Waals surface area contributed by atoms with Crippen LogP contribution in [0.3, 0.4) is 0 Å². The molecule has 0 aliphatic rings. The van der Waals surface area contributed by atoms with Crippen LogP contribution in [-0.2, 0) is 19.6 Å². The Labute approximate surface area is 167 Å². The Hall–Kier alpha value is -2.92. The molecule has 0 saturated carbocycles. The Morgan fingerprint density at radius 3 is 2.39 bits per heavy atom. The molecule has 28 heavy (non-hydrogen) atoms. The van der Waals surface area contributed by atoms with Crippen molar-refractivity contribution in [2.75, 3.05) is 13.1 Å². The third kappa shape index (κ3) is 5.30. The van der Waals surface area contributed by atoms with Crippen molar-refractivity contribution in [3.63, 3.8) is 0 Å². The zero-order valence-electron chi connectivity index (χ0n) is 16.7. The van der Waals surface area contributed by atoms with Crippen molar-refractivity contribution in [1.82, 2.24) is 15.1 Å². The lowest BCUT2D eigenvalue weighted by Crippen LogP contribution is -3.10. The Bertz CT molecular complexity index is 884. The first kappa shape index (κ1) is 19.8. The molecule has 0 fully saturated rings. The minimum absolute atomic E-state index is 0.0932. The summed E-state index contributed by atoms with van der Waals surface area (Å²) in [5, 5.41) is 7.36. The van der Waals surface area contributed by atoms with E-state index in [4.69, 9.17) is 0 Å². The maximum atomic E-state index is 12.6. The Balaban J connectivity index is 1.60. The van der Waals surface area contributed by atoms with Gasteiger partial charge in [0.2, 0.25) is 0 Å². The van der Waals surface area contributed by atoms with Crippen LogP contribution in [0.15, 0.2) is 67.0 Å². The number of carbonyl (C=O) groups is 1. The predicted molar refractivity (Wildman–Crippen MR) is 111 cm³/mol. The minimum Gasteiger partial charge on any atom is -0.348 e. The molecule has 0 aliphatic heterocycles. The highest BCUT2D eigenvalue weighted by Gasteiger charge is 2.12. The van der Waals surface area contributed by atoms with E-state index in [-0.39, 0.29) is 5.91 Å². The molecule has 3 aromatic rings. The van der Waals surface area contributed by atoms with Crippen LogP contribution in [0.1, 0.15) is 40.9 Å². The van der Waals surface area contributed by atoms with Gasteiger partial charge in [-0.05, 0) is 25.0 Å². The zero-order chi connectivity index (χ0) is 19.8. The maximum Gasteiger partial charge on any atom is 0.254 e. The number of rotatable bonds is 9. The standard InChI is InChI=1S/C23H28N4O/c1-3-26(4-2)17-21-13-9-8-12-20(21)14-24-23(28)22-15-25-27(18-22)16-19-10-6-5-7-11-19/h5-13,15,18H,3-4,14,16-17H2,1-2H3,(H,24,28)/p+1. The minimum atomic E-state index is -0.0932. The van der Waals surface area contributed by atoms with Crippen LogP contribution in [0, 0.1) is 0 Å². The van der Waals surface area contributed by atoms with Crippen LogP contribution in [0.5, 0.6) is 0 Å². The Morgan fingerprint density at radius 1 is 1.00 bits per heavy atom. The van der Waals surface area contributed by atoms with Crippen molar-refractivity contribution in [3.05, 3.63) is 89.2 Å². The van der Waals surface area contributed by atoms with E-state index in [1.54, 1.807) is 17.1 Å². The van der Waals surface area contributed by atoms with E-state index in [0.717, 1.165) is 25.2 Å². The summed E-state index contributed by atoms with van der Waals surface area (Å²) in [5.74, 6) is -0.0932. The van der Waals surface area contributed by atoms with Gasteiger partial charge in [0.15, 0.2) is 0 Å². The number of aromatic nitrogens is 2. The van der Waals surface area contributed by atoms with E-state index in [0.29, 0.717) is 18.7 Å². The molecule has 3 rings (SSSR count). The molecule has 2 aromatic carbocycles. The summed E-state index contributed by atoms with van der Waals surface area (Å²) in [5.41, 5.74) is 4.21. The first-order valence-corrected chi connectivity index (χ1v) is 9.94. The number of benzene rings is 2. The van der Waals surface area contributed by atoms with Crippen LogP contribution >= 0.6 is 0 Å². The summed E-state index contributed by atoms with van der Waals surface area (Å²) in [7, 11) is 0. The van der Waals surface area contributed by atoms with Crippen molar-refractivity contribution in [3.8, 4) is 0 Å². The van der Waals surface area contributed by atoms with Crippen LogP contribution in [-0.4, -0.2) is 28.8 Å². The van der Waals surface area contributed by atoms with Crippen LogP contribution in [0.2, 0.25) is 0 Å². The van der Waals surface area contributed by atoms with Gasteiger partial charge in [0.25, 0.3) is 5.91 Å². The average Bonchev–Trinajstić information content (AvgIpc) is 3.20. The third-order valence-electron chi connectivity index (χ3n) is 5.08. The Kier molecular flexibility index (Phi) is 6.98. The number of carbonyl (C=O) groups excluding carboxylic acids is 1. The van der Waals surface area contributed by atoms with Crippen molar-refractivity contribution in [2.24, 2.45) is 0 Å². The van der Waals surface area contributed by atoms with Gasteiger partial charge in [0.1, 0.15) is 6.54 Å². The SMILES string of the molecule is CC[NH+](CC)Cc1ccccc1CNC(=O)c1cnn(Cc2ccccc2)c1. The van der Waals surface area contributed by atoms with Crippen LogP contribution in [0.4, 0.5) is 0 Å². The van der Waals surface area contributed by atoms with Gasteiger partial charge < -0.3 is 10.2 Å². The molecule has 146 valence electrons. The molecule has 5 nitrogen and oxygen atoms in total. The molecule has 0 atom stereocenters. The van der Waals surface area contributed by atoms with Gasteiger partial charge in [-0.15, -0.1) is 0 Å². The summed E-state index contributed by atoms with van der Waals surface area (Å²) in [6.45, 7) is 8.76. The van der Waals surface area contributed by atoms with Crippen molar-refractivity contribution >= 4 is 5.91 Å². The Morgan fingerprint density at radius 2 is 1.68 bits per heavy atom. The van der Waals surface area contributed by atoms with Crippen molar-refractivity contribution in [1.29, 1.82) is 0 Å². The van der Waals surface area contributed by atoms with Gasteiger partial charge in [0.05, 0.1) is 31.4 Å². The fraction of sp³-hybridized carbons (Fsp3) is 0.304. The number of nitrogens with zero attached hydrogens (tertiary/aromatic N) is 2. The van der Waals surface area contributed by atoms with E-state index in [1.165, 1.54) is 16.0 Å². The molecule has 0 aliphatic carbocycles. The normalized spacial score (nSPS) is 11.0. The molecule has 2 N–H and O–H groups in total. The van der Waals surface area contributed by atoms with Gasteiger partial charge in [-0.3, -0.25) is 9.48 Å². The molecule has 0 spiro atoms. The summed E-state index contributed by atoms with van der Waals surface area (Å²) in [6, 6.07) is 18.4. The summed E-state index contributed by atoms with van der Waals surface area (Å²) < 4.78 is 1.79. The van der Waals surface area contributed by atoms with Crippen LogP contribution < -0.4 is 10.2 Å². The quantitative estimate of drug-likeness (QED) is 0.601. The lowest BCUT2D eigenvalue weighted by Gasteiger charge is -2.17. The highest BCUT2D eigenvalue weighted by atomic mass is 16.1. The lowest BCUT2D eigenvalue weighted by molar-refractivity contribution is -0.910. The average molecular weight is 378 g/mol. The second-order valence-electron chi connectivity index (χ2n) is 7.00. The molecule has 0 saturated heterocycles. The van der Waals surface area contributed by atoms with Gasteiger partial charge in [0, 0.05) is 18.3 Å². The summed E-state index contributed by atoms with van der Waals surface area (Å²) in [6.07, 6.45) is 3.43. The third-order valence-corrected chi connectivity index (χ3v) is 5.08. The molecule has 1 aromatic heterocycles. The lowest BCUT2D eigenvalue weighted by atomic mass is 10.1. The van der Waals surface area contributed by atoms with Gasteiger partial charge in [-0.2, -0.15) is 5.10 Å². The molecule has 1 heterocycles. The topological polar surface area (TPSA) is 51.4 Å². The first-order valence-electron chi connectivity index (χ1n) is 9.94. The van der Waals surface area contributed by atoms with Gasteiger partial charge in [-0.25, -0.2) is 0 Å². The molecule has 0 bridgehead atoms. The number of hydrogen-bond donors (Lipinski definition) is 2. The molecule has 5 heteroatoms. The highest BCUT2D eigenvalue weighted by molar-refractivity contribution is 5.93. The van der Waals surface area contributed by atoms with E-state index < -0.39 is 0 Å². The molecule has 0 radical (unpaired) electrons. The van der Waals surface area contributed by atoms with Crippen molar-refractivity contribution in [2.45, 2.75) is 33.5 Å². The number of quaternary nitrogens is 1. The number of amides is 1. The number of hydrogen-bond acceptors (Lipinski definition) is 2. The second-order valence-corrected chi connectivity index (χ2v) is 7.00. The zero-order valence-corrected chi connectivity index (χ0v) is 16.7. The van der Waals surface area contributed by atoms with Crippen molar-refractivity contribution < 1.29 is 9.69 Å². The molecular weight excluding hydrogens is 348 g/mol.